The van der Waals surface area contributed by atoms with Gasteiger partial charge in [-0.1, -0.05) is 19.9 Å². The van der Waals surface area contributed by atoms with Crippen LogP contribution in [-0.4, -0.2) is 25.2 Å². The van der Waals surface area contributed by atoms with Crippen LogP contribution >= 0.6 is 11.8 Å². The second kappa shape index (κ2) is 9.27. The van der Waals surface area contributed by atoms with E-state index >= 15 is 0 Å². The zero-order valence-corrected chi connectivity index (χ0v) is 13.5. The van der Waals surface area contributed by atoms with Gasteiger partial charge >= 0.3 is 0 Å². The van der Waals surface area contributed by atoms with E-state index in [4.69, 9.17) is 4.74 Å². The summed E-state index contributed by atoms with van der Waals surface area (Å²) in [5, 5.41) is 3.66. The summed E-state index contributed by atoms with van der Waals surface area (Å²) in [5.41, 5.74) is 2.71. The van der Waals surface area contributed by atoms with Gasteiger partial charge in [0.25, 0.3) is 0 Å². The van der Waals surface area contributed by atoms with Crippen LogP contribution in [0.2, 0.25) is 0 Å². The van der Waals surface area contributed by atoms with Crippen molar-refractivity contribution in [2.24, 2.45) is 0 Å². The predicted octanol–water partition coefficient (Wildman–Crippen LogP) is 4.19. The van der Waals surface area contributed by atoms with Gasteiger partial charge in [0, 0.05) is 11.8 Å². The van der Waals surface area contributed by atoms with Gasteiger partial charge in [0.1, 0.15) is 5.75 Å². The Kier molecular flexibility index (Phi) is 7.99. The molecule has 1 N–H and O–H groups in total. The third-order valence-electron chi connectivity index (χ3n) is 3.13. The minimum absolute atomic E-state index is 0.447. The Labute approximate surface area is 122 Å². The summed E-state index contributed by atoms with van der Waals surface area (Å²) < 4.78 is 5.28. The molecule has 108 valence electrons. The second-order valence-electron chi connectivity index (χ2n) is 4.80. The average Bonchev–Trinajstić information content (AvgIpc) is 2.43. The highest BCUT2D eigenvalue weighted by Gasteiger charge is 2.13. The lowest BCUT2D eigenvalue weighted by Gasteiger charge is -2.21. The number of rotatable bonds is 9. The Morgan fingerprint density at radius 3 is 2.63 bits per heavy atom. The van der Waals surface area contributed by atoms with Crippen LogP contribution in [0, 0.1) is 6.92 Å². The second-order valence-corrected chi connectivity index (χ2v) is 5.95. The molecule has 1 aromatic carbocycles. The van der Waals surface area contributed by atoms with Gasteiger partial charge in [-0.2, -0.15) is 11.8 Å². The quantitative estimate of drug-likeness (QED) is 0.686. The van der Waals surface area contributed by atoms with Crippen LogP contribution in [0.1, 0.15) is 43.9 Å². The summed E-state index contributed by atoms with van der Waals surface area (Å²) in [7, 11) is 1.72. The fraction of sp³-hybridized carbons (Fsp3) is 0.625. The van der Waals surface area contributed by atoms with Crippen LogP contribution in [0.25, 0.3) is 0 Å². The molecule has 0 radical (unpaired) electrons. The lowest BCUT2D eigenvalue weighted by atomic mass is 10.0. The van der Waals surface area contributed by atoms with Gasteiger partial charge in [-0.25, -0.2) is 0 Å². The molecule has 0 saturated heterocycles. The predicted molar refractivity (Wildman–Crippen MR) is 86.4 cm³/mol. The molecule has 1 aromatic rings. The number of nitrogens with one attached hydrogen (secondary N) is 1. The van der Waals surface area contributed by atoms with E-state index in [0.29, 0.717) is 6.04 Å². The lowest BCUT2D eigenvalue weighted by Crippen LogP contribution is -2.25. The summed E-state index contributed by atoms with van der Waals surface area (Å²) in [6, 6.07) is 6.84. The average molecular weight is 281 g/mol. The Morgan fingerprint density at radius 1 is 1.26 bits per heavy atom. The van der Waals surface area contributed by atoms with E-state index in [2.05, 4.69) is 44.3 Å². The minimum atomic E-state index is 0.447. The molecule has 0 spiro atoms. The molecular weight excluding hydrogens is 254 g/mol. The number of hydrogen-bond donors (Lipinski definition) is 1. The molecule has 3 heteroatoms. The van der Waals surface area contributed by atoms with Crippen molar-refractivity contribution in [3.05, 3.63) is 29.3 Å². The molecule has 0 aromatic heterocycles. The van der Waals surface area contributed by atoms with Crippen LogP contribution in [0.15, 0.2) is 18.2 Å². The van der Waals surface area contributed by atoms with Crippen molar-refractivity contribution in [1.29, 1.82) is 0 Å². The van der Waals surface area contributed by atoms with Crippen molar-refractivity contribution in [2.75, 3.05) is 25.2 Å². The summed E-state index contributed by atoms with van der Waals surface area (Å²) in [6.45, 7) is 7.69. The highest BCUT2D eigenvalue weighted by atomic mass is 32.2. The number of thioether (sulfide) groups is 1. The third kappa shape index (κ3) is 5.45. The highest BCUT2D eigenvalue weighted by Crippen LogP contribution is 2.25. The van der Waals surface area contributed by atoms with E-state index in [1.807, 2.05) is 11.8 Å². The monoisotopic (exact) mass is 281 g/mol. The Balaban J connectivity index is 2.77. The van der Waals surface area contributed by atoms with Gasteiger partial charge in [0.2, 0.25) is 0 Å². The van der Waals surface area contributed by atoms with Crippen LogP contribution in [0.3, 0.4) is 0 Å². The lowest BCUT2D eigenvalue weighted by molar-refractivity contribution is 0.414. The Hall–Kier alpha value is -0.670. The molecular formula is C16H27NOS. The molecule has 1 rings (SSSR count). The maximum atomic E-state index is 5.28. The fourth-order valence-electron chi connectivity index (χ4n) is 2.09. The standard InChI is InChI=1S/C16H27NOS/c1-5-9-17-16(12-19-10-6-2)15-8-7-14(18-4)11-13(15)3/h7-8,11,16-17H,5-6,9-10,12H2,1-4H3. The first-order valence-electron chi connectivity index (χ1n) is 7.18. The van der Waals surface area contributed by atoms with Crippen molar-refractivity contribution in [3.63, 3.8) is 0 Å². The fourth-order valence-corrected chi connectivity index (χ4v) is 3.08. The van der Waals surface area contributed by atoms with E-state index in [9.17, 15) is 0 Å². The smallest absolute Gasteiger partial charge is 0.119 e. The number of hydrogen-bond acceptors (Lipinski definition) is 3. The molecule has 0 aliphatic rings. The first kappa shape index (κ1) is 16.4. The molecule has 2 nitrogen and oxygen atoms in total. The third-order valence-corrected chi connectivity index (χ3v) is 4.39. The zero-order valence-electron chi connectivity index (χ0n) is 12.7. The van der Waals surface area contributed by atoms with E-state index in [0.717, 1.165) is 18.0 Å². The van der Waals surface area contributed by atoms with Gasteiger partial charge in [-0.05, 0) is 55.3 Å². The minimum Gasteiger partial charge on any atom is -0.497 e. The largest absolute Gasteiger partial charge is 0.497 e. The normalized spacial score (nSPS) is 12.4. The zero-order chi connectivity index (χ0) is 14.1. The van der Waals surface area contributed by atoms with Gasteiger partial charge < -0.3 is 10.1 Å². The summed E-state index contributed by atoms with van der Waals surface area (Å²) in [5.74, 6) is 3.32. The van der Waals surface area contributed by atoms with Crippen molar-refractivity contribution in [3.8, 4) is 5.75 Å². The number of methoxy groups -OCH3 is 1. The molecule has 0 heterocycles. The topological polar surface area (TPSA) is 21.3 Å². The molecule has 0 fully saturated rings. The van der Waals surface area contributed by atoms with Crippen molar-refractivity contribution in [2.45, 2.75) is 39.7 Å². The summed E-state index contributed by atoms with van der Waals surface area (Å²) in [6.07, 6.45) is 2.41. The van der Waals surface area contributed by atoms with Crippen LogP contribution in [0.4, 0.5) is 0 Å². The molecule has 1 atom stereocenters. The van der Waals surface area contributed by atoms with Crippen LogP contribution < -0.4 is 10.1 Å². The maximum absolute atomic E-state index is 5.28. The van der Waals surface area contributed by atoms with Crippen LogP contribution in [-0.2, 0) is 0 Å². The SMILES string of the molecule is CCCNC(CSCCC)c1ccc(OC)cc1C. The number of benzene rings is 1. The molecule has 0 aliphatic carbocycles. The molecule has 0 bridgehead atoms. The first-order valence-corrected chi connectivity index (χ1v) is 8.34. The van der Waals surface area contributed by atoms with Crippen LogP contribution in [0.5, 0.6) is 5.75 Å². The summed E-state index contributed by atoms with van der Waals surface area (Å²) in [4.78, 5) is 0. The summed E-state index contributed by atoms with van der Waals surface area (Å²) >= 11 is 2.03. The number of aryl methyl sites for hydroxylation is 1. The van der Waals surface area contributed by atoms with E-state index in [1.54, 1.807) is 7.11 Å². The molecule has 19 heavy (non-hydrogen) atoms. The molecule has 0 amide bonds. The van der Waals surface area contributed by atoms with E-state index in [1.165, 1.54) is 29.7 Å². The van der Waals surface area contributed by atoms with E-state index in [-0.39, 0.29) is 0 Å². The maximum Gasteiger partial charge on any atom is 0.119 e. The van der Waals surface area contributed by atoms with Gasteiger partial charge in [0.05, 0.1) is 7.11 Å². The van der Waals surface area contributed by atoms with Gasteiger partial charge in [-0.3, -0.25) is 0 Å². The van der Waals surface area contributed by atoms with Gasteiger partial charge in [-0.15, -0.1) is 0 Å². The van der Waals surface area contributed by atoms with Crippen molar-refractivity contribution < 1.29 is 4.74 Å². The van der Waals surface area contributed by atoms with Gasteiger partial charge in [0.15, 0.2) is 0 Å². The molecule has 0 saturated carbocycles. The Morgan fingerprint density at radius 2 is 2.05 bits per heavy atom. The molecule has 0 aliphatic heterocycles. The van der Waals surface area contributed by atoms with Crippen molar-refractivity contribution >= 4 is 11.8 Å². The van der Waals surface area contributed by atoms with E-state index < -0.39 is 0 Å². The highest BCUT2D eigenvalue weighted by molar-refractivity contribution is 7.99. The Bertz CT molecular complexity index is 368. The number of ether oxygens (including phenoxy) is 1. The molecule has 1 unspecified atom stereocenters. The van der Waals surface area contributed by atoms with Crippen molar-refractivity contribution in [1.82, 2.24) is 5.32 Å². The first-order chi connectivity index (χ1) is 9.22.